The smallest absolute Gasteiger partial charge is 0.143 e. The van der Waals surface area contributed by atoms with Gasteiger partial charge in [-0.1, -0.05) is 6.92 Å². The molecule has 0 amide bonds. The molecule has 0 bridgehead atoms. The maximum atomic E-state index is 8.24. The molecule has 0 fully saturated rings. The van der Waals surface area contributed by atoms with Gasteiger partial charge in [0.2, 0.25) is 0 Å². The minimum absolute atomic E-state index is 0.246. The Balaban J connectivity index is 3.00. The number of aliphatic hydroxyl groups excluding tert-OH is 1. The lowest BCUT2D eigenvalue weighted by Crippen LogP contribution is -2.08. The first-order valence-corrected chi connectivity index (χ1v) is 3.26. The third kappa shape index (κ3) is 5.97. The molecular formula is C6H14O4. The van der Waals surface area contributed by atoms with Crippen LogP contribution in [0.1, 0.15) is 13.3 Å². The van der Waals surface area contributed by atoms with Crippen LogP contribution in [0.2, 0.25) is 0 Å². The van der Waals surface area contributed by atoms with Crippen molar-refractivity contribution in [3.63, 3.8) is 0 Å². The molecule has 0 heterocycles. The number of aliphatic hydroxyl groups is 1. The summed E-state index contributed by atoms with van der Waals surface area (Å²) < 4.78 is 4.71. The van der Waals surface area contributed by atoms with Gasteiger partial charge in [0.1, 0.15) is 6.79 Å². The SMILES string of the molecule is CC(CCOO)COCO. The predicted molar refractivity (Wildman–Crippen MR) is 35.4 cm³/mol. The van der Waals surface area contributed by atoms with Gasteiger partial charge in [-0.2, -0.15) is 0 Å². The quantitative estimate of drug-likeness (QED) is 0.328. The first-order chi connectivity index (χ1) is 4.81. The van der Waals surface area contributed by atoms with Crippen LogP contribution >= 0.6 is 0 Å². The lowest BCUT2D eigenvalue weighted by molar-refractivity contribution is -0.244. The molecule has 0 radical (unpaired) electrons. The molecule has 10 heavy (non-hydrogen) atoms. The largest absolute Gasteiger partial charge is 0.371 e. The second-order valence-corrected chi connectivity index (χ2v) is 2.23. The van der Waals surface area contributed by atoms with E-state index in [4.69, 9.17) is 15.1 Å². The first-order valence-electron chi connectivity index (χ1n) is 3.26. The van der Waals surface area contributed by atoms with Gasteiger partial charge < -0.3 is 9.84 Å². The van der Waals surface area contributed by atoms with E-state index in [9.17, 15) is 0 Å². The minimum atomic E-state index is -0.246. The zero-order valence-electron chi connectivity index (χ0n) is 6.12. The molecule has 0 aliphatic heterocycles. The molecule has 2 N–H and O–H groups in total. The monoisotopic (exact) mass is 150 g/mol. The van der Waals surface area contributed by atoms with Gasteiger partial charge in [0.25, 0.3) is 0 Å². The van der Waals surface area contributed by atoms with E-state index in [1.807, 2.05) is 6.92 Å². The maximum absolute atomic E-state index is 8.24. The Bertz CT molecular complexity index is 58.8. The van der Waals surface area contributed by atoms with Crippen LogP contribution in [0.3, 0.4) is 0 Å². The number of ether oxygens (including phenoxy) is 1. The van der Waals surface area contributed by atoms with E-state index < -0.39 is 0 Å². The Kier molecular flexibility index (Phi) is 6.84. The van der Waals surface area contributed by atoms with E-state index in [-0.39, 0.29) is 6.79 Å². The zero-order valence-corrected chi connectivity index (χ0v) is 6.12. The van der Waals surface area contributed by atoms with E-state index >= 15 is 0 Å². The van der Waals surface area contributed by atoms with Crippen molar-refractivity contribution in [2.24, 2.45) is 5.92 Å². The molecule has 1 unspecified atom stereocenters. The van der Waals surface area contributed by atoms with E-state index in [1.54, 1.807) is 0 Å². The van der Waals surface area contributed by atoms with Gasteiger partial charge in [0.05, 0.1) is 13.2 Å². The standard InChI is InChI=1S/C6H14O4/c1-6(2-3-10-8)4-9-5-7/h6-8H,2-5H2,1H3. The van der Waals surface area contributed by atoms with E-state index in [1.165, 1.54) is 0 Å². The zero-order chi connectivity index (χ0) is 7.82. The molecule has 4 nitrogen and oxygen atoms in total. The topological polar surface area (TPSA) is 58.9 Å². The third-order valence-electron chi connectivity index (χ3n) is 1.20. The Morgan fingerprint density at radius 1 is 1.50 bits per heavy atom. The fraction of sp³-hybridized carbons (Fsp3) is 1.00. The highest BCUT2D eigenvalue weighted by molar-refractivity contribution is 4.48. The van der Waals surface area contributed by atoms with Gasteiger partial charge in [-0.25, -0.2) is 4.89 Å². The van der Waals surface area contributed by atoms with Crippen molar-refractivity contribution >= 4 is 0 Å². The summed E-state index contributed by atoms with van der Waals surface area (Å²) in [5.41, 5.74) is 0. The summed E-state index contributed by atoms with van der Waals surface area (Å²) in [6, 6.07) is 0. The normalized spacial score (nSPS) is 13.5. The van der Waals surface area contributed by atoms with Gasteiger partial charge in [-0.15, -0.1) is 0 Å². The summed E-state index contributed by atoms with van der Waals surface area (Å²) in [7, 11) is 0. The Morgan fingerprint density at radius 3 is 2.70 bits per heavy atom. The molecule has 0 aromatic rings. The maximum Gasteiger partial charge on any atom is 0.143 e. The molecule has 0 aromatic heterocycles. The predicted octanol–water partition coefficient (Wildman–Crippen LogP) is 0.469. The van der Waals surface area contributed by atoms with Gasteiger partial charge >= 0.3 is 0 Å². The highest BCUT2D eigenvalue weighted by atomic mass is 17.1. The summed E-state index contributed by atoms with van der Waals surface area (Å²) in [5.74, 6) is 0.305. The summed E-state index contributed by atoms with van der Waals surface area (Å²) >= 11 is 0. The fourth-order valence-electron chi connectivity index (χ4n) is 0.591. The highest BCUT2D eigenvalue weighted by Crippen LogP contribution is 2.01. The van der Waals surface area contributed by atoms with Gasteiger partial charge in [-0.3, -0.25) is 5.26 Å². The fourth-order valence-corrected chi connectivity index (χ4v) is 0.591. The average molecular weight is 150 g/mol. The van der Waals surface area contributed by atoms with Gasteiger partial charge in [-0.05, 0) is 12.3 Å². The molecule has 0 aromatic carbocycles. The molecule has 0 aliphatic carbocycles. The van der Waals surface area contributed by atoms with Crippen molar-refractivity contribution < 1.29 is 20.0 Å². The van der Waals surface area contributed by atoms with E-state index in [2.05, 4.69) is 4.89 Å². The molecule has 0 aliphatic rings. The Morgan fingerprint density at radius 2 is 2.20 bits per heavy atom. The molecule has 62 valence electrons. The van der Waals surface area contributed by atoms with E-state index in [0.29, 0.717) is 19.1 Å². The van der Waals surface area contributed by atoms with Crippen molar-refractivity contribution in [2.45, 2.75) is 13.3 Å². The number of hydrogen-bond acceptors (Lipinski definition) is 4. The van der Waals surface area contributed by atoms with Crippen molar-refractivity contribution in [2.75, 3.05) is 20.0 Å². The molecular weight excluding hydrogens is 136 g/mol. The summed E-state index contributed by atoms with van der Waals surface area (Å²) in [6.07, 6.45) is 0.733. The van der Waals surface area contributed by atoms with Crippen LogP contribution in [0.5, 0.6) is 0 Å². The second kappa shape index (κ2) is 6.95. The summed E-state index contributed by atoms with van der Waals surface area (Å²) in [6.45, 7) is 2.52. The third-order valence-corrected chi connectivity index (χ3v) is 1.20. The van der Waals surface area contributed by atoms with Crippen LogP contribution < -0.4 is 0 Å². The van der Waals surface area contributed by atoms with E-state index in [0.717, 1.165) is 6.42 Å². The molecule has 0 saturated carbocycles. The molecule has 1 atom stereocenters. The van der Waals surface area contributed by atoms with Crippen LogP contribution in [-0.4, -0.2) is 30.4 Å². The summed E-state index contributed by atoms with van der Waals surface area (Å²) in [4.78, 5) is 3.87. The molecule has 0 rings (SSSR count). The van der Waals surface area contributed by atoms with Crippen molar-refractivity contribution in [3.05, 3.63) is 0 Å². The number of rotatable bonds is 6. The first kappa shape index (κ1) is 9.84. The second-order valence-electron chi connectivity index (χ2n) is 2.23. The van der Waals surface area contributed by atoms with Crippen LogP contribution in [-0.2, 0) is 9.62 Å². The molecule has 4 heteroatoms. The Hall–Kier alpha value is -0.160. The van der Waals surface area contributed by atoms with Crippen LogP contribution in [0.25, 0.3) is 0 Å². The van der Waals surface area contributed by atoms with Crippen LogP contribution in [0, 0.1) is 5.92 Å². The molecule has 0 saturated heterocycles. The minimum Gasteiger partial charge on any atom is -0.371 e. The van der Waals surface area contributed by atoms with Crippen LogP contribution in [0.15, 0.2) is 0 Å². The highest BCUT2D eigenvalue weighted by Gasteiger charge is 2.00. The average Bonchev–Trinajstić information content (AvgIpc) is 1.97. The molecule has 0 spiro atoms. The lowest BCUT2D eigenvalue weighted by Gasteiger charge is -2.08. The van der Waals surface area contributed by atoms with Crippen molar-refractivity contribution in [1.82, 2.24) is 0 Å². The van der Waals surface area contributed by atoms with Crippen LogP contribution in [0.4, 0.5) is 0 Å². The number of hydrogen-bond donors (Lipinski definition) is 2. The lowest BCUT2D eigenvalue weighted by atomic mass is 10.1. The summed E-state index contributed by atoms with van der Waals surface area (Å²) in [5, 5.41) is 16.2. The Labute approximate surface area is 60.3 Å². The van der Waals surface area contributed by atoms with Crippen molar-refractivity contribution in [1.29, 1.82) is 0 Å². The van der Waals surface area contributed by atoms with Crippen molar-refractivity contribution in [3.8, 4) is 0 Å². The van der Waals surface area contributed by atoms with Gasteiger partial charge in [0, 0.05) is 0 Å². The van der Waals surface area contributed by atoms with Gasteiger partial charge in [0.15, 0.2) is 0 Å².